The molecule has 92 valence electrons. The maximum atomic E-state index is 12.0. The third kappa shape index (κ3) is 3.05. The molecule has 16 heavy (non-hydrogen) atoms. The van der Waals surface area contributed by atoms with Crippen molar-refractivity contribution in [3.8, 4) is 0 Å². The Morgan fingerprint density at radius 1 is 1.19 bits per heavy atom. The van der Waals surface area contributed by atoms with Crippen LogP contribution in [0.3, 0.4) is 0 Å². The standard InChI is InChI=1S/C13H23NO2/c15-10-11-4-3-7-14(8-11)9-13(16)12-5-1-2-6-12/h11-12,15H,1-10H2. The highest BCUT2D eigenvalue weighted by molar-refractivity contribution is 5.83. The summed E-state index contributed by atoms with van der Waals surface area (Å²) in [5.41, 5.74) is 0. The number of hydrogen-bond donors (Lipinski definition) is 1. The fraction of sp³-hybridized carbons (Fsp3) is 0.923. The minimum atomic E-state index is 0.272. The first-order chi connectivity index (χ1) is 7.79. The third-order valence-electron chi connectivity index (χ3n) is 4.05. The van der Waals surface area contributed by atoms with E-state index in [0.29, 0.717) is 24.2 Å². The number of rotatable bonds is 4. The number of piperidine rings is 1. The lowest BCUT2D eigenvalue weighted by atomic mass is 9.97. The van der Waals surface area contributed by atoms with Gasteiger partial charge in [-0.1, -0.05) is 12.8 Å². The van der Waals surface area contributed by atoms with E-state index in [1.807, 2.05) is 0 Å². The van der Waals surface area contributed by atoms with Gasteiger partial charge in [-0.3, -0.25) is 9.69 Å². The molecule has 0 spiro atoms. The molecule has 1 saturated heterocycles. The van der Waals surface area contributed by atoms with Gasteiger partial charge in [-0.15, -0.1) is 0 Å². The highest BCUT2D eigenvalue weighted by Gasteiger charge is 2.26. The maximum Gasteiger partial charge on any atom is 0.149 e. The second-order valence-electron chi connectivity index (χ2n) is 5.37. The van der Waals surface area contributed by atoms with E-state index in [1.165, 1.54) is 12.8 Å². The van der Waals surface area contributed by atoms with Gasteiger partial charge in [0.1, 0.15) is 5.78 Å². The van der Waals surface area contributed by atoms with Crippen molar-refractivity contribution in [3.05, 3.63) is 0 Å². The van der Waals surface area contributed by atoms with Crippen molar-refractivity contribution in [2.75, 3.05) is 26.2 Å². The Balaban J connectivity index is 1.77. The van der Waals surface area contributed by atoms with Gasteiger partial charge >= 0.3 is 0 Å². The van der Waals surface area contributed by atoms with Gasteiger partial charge in [0.2, 0.25) is 0 Å². The molecule has 1 aliphatic carbocycles. The van der Waals surface area contributed by atoms with Gasteiger partial charge in [0.15, 0.2) is 0 Å². The van der Waals surface area contributed by atoms with Gasteiger partial charge in [-0.2, -0.15) is 0 Å². The zero-order valence-corrected chi connectivity index (χ0v) is 10.0. The quantitative estimate of drug-likeness (QED) is 0.787. The molecule has 2 aliphatic rings. The summed E-state index contributed by atoms with van der Waals surface area (Å²) in [6.45, 7) is 2.85. The zero-order valence-electron chi connectivity index (χ0n) is 10.0. The van der Waals surface area contributed by atoms with E-state index < -0.39 is 0 Å². The molecule has 1 heterocycles. The Bertz CT molecular complexity index is 236. The van der Waals surface area contributed by atoms with Gasteiger partial charge in [0.05, 0.1) is 6.54 Å². The van der Waals surface area contributed by atoms with Gasteiger partial charge in [0.25, 0.3) is 0 Å². The van der Waals surface area contributed by atoms with E-state index in [-0.39, 0.29) is 6.61 Å². The van der Waals surface area contributed by atoms with Gasteiger partial charge < -0.3 is 5.11 Å². The van der Waals surface area contributed by atoms with E-state index in [2.05, 4.69) is 4.90 Å². The topological polar surface area (TPSA) is 40.5 Å². The predicted octanol–water partition coefficient (Wildman–Crippen LogP) is 1.45. The molecule has 0 aromatic heterocycles. The van der Waals surface area contributed by atoms with Crippen molar-refractivity contribution in [2.45, 2.75) is 38.5 Å². The lowest BCUT2D eigenvalue weighted by Gasteiger charge is -2.31. The van der Waals surface area contributed by atoms with Crippen molar-refractivity contribution < 1.29 is 9.90 Å². The van der Waals surface area contributed by atoms with Crippen LogP contribution in [-0.4, -0.2) is 42.0 Å². The Kier molecular flexibility index (Phi) is 4.36. The molecule has 0 aromatic carbocycles. The Labute approximate surface area is 97.8 Å². The van der Waals surface area contributed by atoms with E-state index in [9.17, 15) is 4.79 Å². The smallest absolute Gasteiger partial charge is 0.149 e. The number of carbonyl (C=O) groups is 1. The minimum Gasteiger partial charge on any atom is -0.396 e. The molecule has 1 aliphatic heterocycles. The number of Topliss-reactive ketones (excluding diaryl/α,β-unsaturated/α-hetero) is 1. The molecule has 1 atom stereocenters. The van der Waals surface area contributed by atoms with Crippen molar-refractivity contribution >= 4 is 5.78 Å². The molecule has 0 bridgehead atoms. The molecule has 1 unspecified atom stereocenters. The number of carbonyl (C=O) groups excluding carboxylic acids is 1. The van der Waals surface area contributed by atoms with Crippen molar-refractivity contribution in [3.63, 3.8) is 0 Å². The molecule has 2 rings (SSSR count). The van der Waals surface area contributed by atoms with Crippen LogP contribution in [0, 0.1) is 11.8 Å². The van der Waals surface area contributed by atoms with Crippen LogP contribution in [0.5, 0.6) is 0 Å². The summed E-state index contributed by atoms with van der Waals surface area (Å²) < 4.78 is 0. The second kappa shape index (κ2) is 5.78. The first-order valence-electron chi connectivity index (χ1n) is 6.65. The lowest BCUT2D eigenvalue weighted by molar-refractivity contribution is -0.124. The van der Waals surface area contributed by atoms with Gasteiger partial charge in [0, 0.05) is 19.1 Å². The first-order valence-corrected chi connectivity index (χ1v) is 6.65. The summed E-state index contributed by atoms with van der Waals surface area (Å²) in [5.74, 6) is 1.18. The van der Waals surface area contributed by atoms with Gasteiger partial charge in [-0.05, 0) is 38.1 Å². The molecule has 3 nitrogen and oxygen atoms in total. The predicted molar refractivity (Wildman–Crippen MR) is 63.2 cm³/mol. The van der Waals surface area contributed by atoms with Crippen LogP contribution in [0.4, 0.5) is 0 Å². The van der Waals surface area contributed by atoms with Crippen molar-refractivity contribution in [2.24, 2.45) is 11.8 Å². The number of aliphatic hydroxyl groups excluding tert-OH is 1. The number of aliphatic hydroxyl groups is 1. The van der Waals surface area contributed by atoms with Crippen molar-refractivity contribution in [1.29, 1.82) is 0 Å². The third-order valence-corrected chi connectivity index (χ3v) is 4.05. The largest absolute Gasteiger partial charge is 0.396 e. The monoisotopic (exact) mass is 225 g/mol. The summed E-state index contributed by atoms with van der Waals surface area (Å²) in [5, 5.41) is 9.14. The van der Waals surface area contributed by atoms with Crippen LogP contribution in [0.1, 0.15) is 38.5 Å². The van der Waals surface area contributed by atoms with Gasteiger partial charge in [-0.25, -0.2) is 0 Å². The van der Waals surface area contributed by atoms with Crippen LogP contribution in [-0.2, 0) is 4.79 Å². The summed E-state index contributed by atoms with van der Waals surface area (Å²) in [7, 11) is 0. The first kappa shape index (κ1) is 12.1. The fourth-order valence-electron chi connectivity index (χ4n) is 3.04. The van der Waals surface area contributed by atoms with E-state index in [1.54, 1.807) is 0 Å². The normalized spacial score (nSPS) is 28.4. The molecule has 3 heteroatoms. The van der Waals surface area contributed by atoms with Crippen LogP contribution in [0.25, 0.3) is 0 Å². The molecule has 2 fully saturated rings. The molecule has 1 N–H and O–H groups in total. The molecular weight excluding hydrogens is 202 g/mol. The second-order valence-corrected chi connectivity index (χ2v) is 5.37. The summed E-state index contributed by atoms with van der Waals surface area (Å²) in [4.78, 5) is 14.2. The highest BCUT2D eigenvalue weighted by Crippen LogP contribution is 2.26. The fourth-order valence-corrected chi connectivity index (χ4v) is 3.04. The van der Waals surface area contributed by atoms with E-state index in [0.717, 1.165) is 38.8 Å². The molecular formula is C13H23NO2. The maximum absolute atomic E-state index is 12.0. The lowest BCUT2D eigenvalue weighted by Crippen LogP contribution is -2.41. The van der Waals surface area contributed by atoms with E-state index in [4.69, 9.17) is 5.11 Å². The van der Waals surface area contributed by atoms with Crippen LogP contribution in [0.2, 0.25) is 0 Å². The summed E-state index contributed by atoms with van der Waals surface area (Å²) in [6.07, 6.45) is 6.92. The Hall–Kier alpha value is -0.410. The van der Waals surface area contributed by atoms with Crippen LogP contribution >= 0.6 is 0 Å². The van der Waals surface area contributed by atoms with Crippen molar-refractivity contribution in [1.82, 2.24) is 4.90 Å². The average Bonchev–Trinajstić information content (AvgIpc) is 2.83. The zero-order chi connectivity index (χ0) is 11.4. The Morgan fingerprint density at radius 2 is 1.94 bits per heavy atom. The SMILES string of the molecule is O=C(CN1CCCC(CO)C1)C1CCCC1. The minimum absolute atomic E-state index is 0.272. The van der Waals surface area contributed by atoms with E-state index >= 15 is 0 Å². The Morgan fingerprint density at radius 3 is 2.62 bits per heavy atom. The molecule has 0 aromatic rings. The summed E-state index contributed by atoms with van der Waals surface area (Å²) >= 11 is 0. The summed E-state index contributed by atoms with van der Waals surface area (Å²) in [6, 6.07) is 0. The average molecular weight is 225 g/mol. The number of nitrogens with zero attached hydrogens (tertiary/aromatic N) is 1. The number of ketones is 1. The highest BCUT2D eigenvalue weighted by atomic mass is 16.3. The number of likely N-dealkylation sites (tertiary alicyclic amines) is 1. The molecule has 1 saturated carbocycles. The molecule has 0 amide bonds. The van der Waals surface area contributed by atoms with Crippen LogP contribution < -0.4 is 0 Å². The van der Waals surface area contributed by atoms with Crippen LogP contribution in [0.15, 0.2) is 0 Å². The number of hydrogen-bond acceptors (Lipinski definition) is 3. The molecule has 0 radical (unpaired) electrons.